The number of benzene rings is 2. The summed E-state index contributed by atoms with van der Waals surface area (Å²) >= 11 is 0. The molecule has 0 heterocycles. The molecule has 1 aliphatic carbocycles. The van der Waals surface area contributed by atoms with Gasteiger partial charge in [-0.25, -0.2) is 0 Å². The fourth-order valence-electron chi connectivity index (χ4n) is 4.07. The van der Waals surface area contributed by atoms with Crippen LogP contribution in [0.3, 0.4) is 0 Å². The van der Waals surface area contributed by atoms with Gasteiger partial charge in [0.25, 0.3) is 0 Å². The minimum Gasteiger partial charge on any atom is -0.356 e. The quantitative estimate of drug-likeness (QED) is 0.654. The lowest BCUT2D eigenvalue weighted by Crippen LogP contribution is -2.38. The molecule has 4 nitrogen and oxygen atoms in total. The van der Waals surface area contributed by atoms with Crippen LogP contribution in [-0.2, 0) is 16.0 Å². The third-order valence-electron chi connectivity index (χ3n) is 5.91. The first-order valence-electron chi connectivity index (χ1n) is 10.8. The number of aryl methyl sites for hydroxylation is 1. The molecule has 1 atom stereocenters. The van der Waals surface area contributed by atoms with Crippen LogP contribution in [0.1, 0.15) is 56.2 Å². The van der Waals surface area contributed by atoms with Crippen molar-refractivity contribution in [1.29, 1.82) is 0 Å². The first-order valence-corrected chi connectivity index (χ1v) is 10.8. The molecule has 154 valence electrons. The molecule has 0 radical (unpaired) electrons. The van der Waals surface area contributed by atoms with Crippen molar-refractivity contribution in [3.8, 4) is 0 Å². The van der Waals surface area contributed by atoms with Crippen molar-refractivity contribution in [1.82, 2.24) is 10.6 Å². The Labute approximate surface area is 174 Å². The Bertz CT molecular complexity index is 768. The summed E-state index contributed by atoms with van der Waals surface area (Å²) in [5, 5.41) is 6.21. The molecule has 2 amide bonds. The Hall–Kier alpha value is -2.62. The normalized spacial score (nSPS) is 19.9. The largest absolute Gasteiger partial charge is 0.356 e. The van der Waals surface area contributed by atoms with Crippen molar-refractivity contribution in [2.45, 2.75) is 51.5 Å². The third-order valence-corrected chi connectivity index (χ3v) is 5.91. The Morgan fingerprint density at radius 3 is 2.03 bits per heavy atom. The smallest absolute Gasteiger partial charge is 0.223 e. The summed E-state index contributed by atoms with van der Waals surface area (Å²) in [6.07, 6.45) is 5.09. The molecular weight excluding hydrogens is 360 g/mol. The molecule has 29 heavy (non-hydrogen) atoms. The molecule has 1 fully saturated rings. The molecule has 2 N–H and O–H groups in total. The van der Waals surface area contributed by atoms with Crippen molar-refractivity contribution in [2.75, 3.05) is 6.54 Å². The molecular formula is C25H32N2O2. The second-order valence-electron chi connectivity index (χ2n) is 8.07. The van der Waals surface area contributed by atoms with Gasteiger partial charge < -0.3 is 10.6 Å². The number of carbonyl (C=O) groups excluding carboxylic acids is 2. The third kappa shape index (κ3) is 6.45. The molecule has 0 bridgehead atoms. The predicted molar refractivity (Wildman–Crippen MR) is 116 cm³/mol. The number of hydrogen-bond acceptors (Lipinski definition) is 2. The maximum Gasteiger partial charge on any atom is 0.223 e. The highest BCUT2D eigenvalue weighted by atomic mass is 16.2. The van der Waals surface area contributed by atoms with Gasteiger partial charge in [0.1, 0.15) is 0 Å². The van der Waals surface area contributed by atoms with Crippen LogP contribution in [0.2, 0.25) is 0 Å². The summed E-state index contributed by atoms with van der Waals surface area (Å²) < 4.78 is 0. The van der Waals surface area contributed by atoms with Crippen molar-refractivity contribution in [3.05, 3.63) is 71.8 Å². The first kappa shape index (κ1) is 21.1. The van der Waals surface area contributed by atoms with E-state index < -0.39 is 0 Å². The summed E-state index contributed by atoms with van der Waals surface area (Å²) in [5.41, 5.74) is 2.42. The molecule has 0 aliphatic heterocycles. The maximum atomic E-state index is 12.6. The number of rotatable bonds is 8. The van der Waals surface area contributed by atoms with E-state index in [1.54, 1.807) is 0 Å². The number of hydrogen-bond donors (Lipinski definition) is 2. The minimum absolute atomic E-state index is 0.00865. The van der Waals surface area contributed by atoms with Crippen molar-refractivity contribution < 1.29 is 9.59 Å². The van der Waals surface area contributed by atoms with Gasteiger partial charge in [0.2, 0.25) is 11.8 Å². The second kappa shape index (κ2) is 10.8. The van der Waals surface area contributed by atoms with Gasteiger partial charge in [-0.2, -0.15) is 0 Å². The van der Waals surface area contributed by atoms with Crippen LogP contribution in [0.4, 0.5) is 0 Å². The monoisotopic (exact) mass is 392 g/mol. The van der Waals surface area contributed by atoms with Crippen molar-refractivity contribution in [2.24, 2.45) is 11.8 Å². The van der Waals surface area contributed by atoms with Crippen LogP contribution in [0, 0.1) is 11.8 Å². The topological polar surface area (TPSA) is 58.2 Å². The van der Waals surface area contributed by atoms with E-state index in [0.717, 1.165) is 44.1 Å². The van der Waals surface area contributed by atoms with Gasteiger partial charge in [0, 0.05) is 18.4 Å². The highest BCUT2D eigenvalue weighted by Crippen LogP contribution is 2.29. The SMILES string of the molecule is CC(NC(=O)C1CCC(C(=O)NCCCc2ccccc2)CC1)c1ccccc1. The lowest BCUT2D eigenvalue weighted by Gasteiger charge is -2.28. The number of amides is 2. The fourth-order valence-corrected chi connectivity index (χ4v) is 4.07. The molecule has 2 aromatic rings. The molecule has 1 saturated carbocycles. The van der Waals surface area contributed by atoms with Gasteiger partial charge in [-0.1, -0.05) is 60.7 Å². The van der Waals surface area contributed by atoms with E-state index in [1.807, 2.05) is 55.5 Å². The van der Waals surface area contributed by atoms with Crippen LogP contribution in [-0.4, -0.2) is 18.4 Å². The van der Waals surface area contributed by atoms with Crippen LogP contribution >= 0.6 is 0 Å². The summed E-state index contributed by atoms with van der Waals surface area (Å²) in [6.45, 7) is 2.73. The van der Waals surface area contributed by atoms with Crippen LogP contribution < -0.4 is 10.6 Å². The highest BCUT2D eigenvalue weighted by molar-refractivity contribution is 5.81. The molecule has 3 rings (SSSR count). The standard InChI is InChI=1S/C25H32N2O2/c1-19(21-12-6-3-7-13-21)27-25(29)23-16-14-22(15-17-23)24(28)26-18-8-11-20-9-4-2-5-10-20/h2-7,9-10,12-13,19,22-23H,8,11,14-18H2,1H3,(H,26,28)(H,27,29). The van der Waals surface area contributed by atoms with Crippen LogP contribution in [0.15, 0.2) is 60.7 Å². The average Bonchev–Trinajstić information content (AvgIpc) is 2.78. The molecule has 2 aromatic carbocycles. The molecule has 0 aromatic heterocycles. The summed E-state index contributed by atoms with van der Waals surface area (Å²) in [6, 6.07) is 20.4. The van der Waals surface area contributed by atoms with E-state index >= 15 is 0 Å². The number of carbonyl (C=O) groups is 2. The zero-order valence-electron chi connectivity index (χ0n) is 17.3. The average molecular weight is 393 g/mol. The van der Waals surface area contributed by atoms with E-state index in [9.17, 15) is 9.59 Å². The van der Waals surface area contributed by atoms with Crippen molar-refractivity contribution >= 4 is 11.8 Å². The minimum atomic E-state index is 0.00865. The Kier molecular flexibility index (Phi) is 7.85. The Balaban J connectivity index is 1.35. The van der Waals surface area contributed by atoms with E-state index in [4.69, 9.17) is 0 Å². The molecule has 1 unspecified atom stereocenters. The summed E-state index contributed by atoms with van der Waals surface area (Å²) in [5.74, 6) is 0.322. The highest BCUT2D eigenvalue weighted by Gasteiger charge is 2.30. The maximum absolute atomic E-state index is 12.6. The summed E-state index contributed by atoms with van der Waals surface area (Å²) in [7, 11) is 0. The van der Waals surface area contributed by atoms with Gasteiger partial charge in [-0.05, 0) is 56.6 Å². The zero-order valence-corrected chi connectivity index (χ0v) is 17.3. The molecule has 4 heteroatoms. The van der Waals surface area contributed by atoms with Gasteiger partial charge in [0.05, 0.1) is 6.04 Å². The molecule has 0 saturated heterocycles. The summed E-state index contributed by atoms with van der Waals surface area (Å²) in [4.78, 5) is 25.0. The first-order chi connectivity index (χ1) is 14.1. The molecule has 1 aliphatic rings. The van der Waals surface area contributed by atoms with E-state index in [1.165, 1.54) is 5.56 Å². The Morgan fingerprint density at radius 2 is 1.41 bits per heavy atom. The Morgan fingerprint density at radius 1 is 0.862 bits per heavy atom. The fraction of sp³-hybridized carbons (Fsp3) is 0.440. The van der Waals surface area contributed by atoms with Gasteiger partial charge in [0.15, 0.2) is 0 Å². The lowest BCUT2D eigenvalue weighted by molar-refractivity contribution is -0.130. The van der Waals surface area contributed by atoms with E-state index in [-0.39, 0.29) is 29.7 Å². The second-order valence-corrected chi connectivity index (χ2v) is 8.07. The predicted octanol–water partition coefficient (Wildman–Crippen LogP) is 4.42. The van der Waals surface area contributed by atoms with Gasteiger partial charge >= 0.3 is 0 Å². The number of nitrogens with one attached hydrogen (secondary N) is 2. The van der Waals surface area contributed by atoms with Gasteiger partial charge in [-0.15, -0.1) is 0 Å². The van der Waals surface area contributed by atoms with Gasteiger partial charge in [-0.3, -0.25) is 9.59 Å². The lowest BCUT2D eigenvalue weighted by atomic mass is 9.81. The van der Waals surface area contributed by atoms with Crippen LogP contribution in [0.25, 0.3) is 0 Å². The van der Waals surface area contributed by atoms with E-state index in [2.05, 4.69) is 22.8 Å². The van der Waals surface area contributed by atoms with E-state index in [0.29, 0.717) is 6.54 Å². The van der Waals surface area contributed by atoms with Crippen LogP contribution in [0.5, 0.6) is 0 Å². The molecule has 0 spiro atoms. The zero-order chi connectivity index (χ0) is 20.5. The van der Waals surface area contributed by atoms with Crippen molar-refractivity contribution in [3.63, 3.8) is 0 Å².